The number of nitrogens with one attached hydrogen (secondary N) is 1. The van der Waals surface area contributed by atoms with Crippen LogP contribution in [-0.2, 0) is 4.79 Å². The van der Waals surface area contributed by atoms with E-state index in [9.17, 15) is 4.79 Å². The van der Waals surface area contributed by atoms with Crippen LogP contribution in [0, 0.1) is 0 Å². The highest BCUT2D eigenvalue weighted by Crippen LogP contribution is 2.44. The molecule has 30 heavy (non-hydrogen) atoms. The molecule has 1 aliphatic heterocycles. The summed E-state index contributed by atoms with van der Waals surface area (Å²) in [7, 11) is 0. The molecule has 1 N–H and O–H groups in total. The minimum Gasteiger partial charge on any atom is -0.484 e. The van der Waals surface area contributed by atoms with E-state index >= 15 is 0 Å². The Morgan fingerprint density at radius 3 is 2.67 bits per heavy atom. The first kappa shape index (κ1) is 22.3. The second-order valence-electron chi connectivity index (χ2n) is 8.74. The van der Waals surface area contributed by atoms with Crippen molar-refractivity contribution in [3.63, 3.8) is 0 Å². The van der Waals surface area contributed by atoms with E-state index in [-0.39, 0.29) is 18.1 Å². The van der Waals surface area contributed by atoms with Crippen LogP contribution in [0.4, 0.5) is 5.69 Å². The van der Waals surface area contributed by atoms with Gasteiger partial charge in [0, 0.05) is 21.7 Å². The van der Waals surface area contributed by atoms with Gasteiger partial charge >= 0.3 is 0 Å². The molecule has 0 unspecified atom stereocenters. The van der Waals surface area contributed by atoms with Crippen LogP contribution in [0.1, 0.15) is 58.1 Å². The number of halogens is 1. The molecule has 2 aromatic rings. The Morgan fingerprint density at radius 1 is 1.30 bits per heavy atom. The zero-order valence-electron chi connectivity index (χ0n) is 18.3. The summed E-state index contributed by atoms with van der Waals surface area (Å²) in [5.74, 6) is 0.805. The van der Waals surface area contributed by atoms with Gasteiger partial charge in [0.2, 0.25) is 0 Å². The first-order valence-corrected chi connectivity index (χ1v) is 11.1. The predicted octanol–water partition coefficient (Wildman–Crippen LogP) is 5.48. The van der Waals surface area contributed by atoms with E-state index in [0.717, 1.165) is 16.5 Å². The van der Waals surface area contributed by atoms with Gasteiger partial charge in [-0.2, -0.15) is 5.10 Å². The zero-order valence-corrected chi connectivity index (χ0v) is 19.9. The number of hydrogen-bond acceptors (Lipinski definition) is 4. The van der Waals surface area contributed by atoms with Crippen molar-refractivity contribution in [1.29, 1.82) is 0 Å². The normalized spacial score (nSPS) is 17.8. The largest absolute Gasteiger partial charge is 0.484 e. The number of amides is 1. The van der Waals surface area contributed by atoms with E-state index in [0.29, 0.717) is 17.7 Å². The average molecular weight is 472 g/mol. The second kappa shape index (κ2) is 9.21. The number of hydrogen-bond donors (Lipinski definition) is 1. The maximum Gasteiger partial charge on any atom is 0.277 e. The summed E-state index contributed by atoms with van der Waals surface area (Å²) in [5.41, 5.74) is 6.24. The molecule has 2 aromatic carbocycles. The lowest BCUT2D eigenvalue weighted by atomic mass is 9.79. The Bertz CT molecular complexity index is 923. The van der Waals surface area contributed by atoms with Crippen LogP contribution in [0.25, 0.3) is 0 Å². The van der Waals surface area contributed by atoms with Gasteiger partial charge in [-0.1, -0.05) is 28.9 Å². The van der Waals surface area contributed by atoms with Gasteiger partial charge < -0.3 is 9.64 Å². The van der Waals surface area contributed by atoms with Gasteiger partial charge in [0.25, 0.3) is 5.91 Å². The summed E-state index contributed by atoms with van der Waals surface area (Å²) in [5, 5.41) is 4.10. The molecule has 0 radical (unpaired) electrons. The van der Waals surface area contributed by atoms with Gasteiger partial charge in [0.15, 0.2) is 6.61 Å². The van der Waals surface area contributed by atoms with Gasteiger partial charge in [-0.15, -0.1) is 0 Å². The number of carbonyl (C=O) groups excluding carboxylic acids is 1. The number of fused-ring (bicyclic) bond motifs is 1. The molecule has 0 saturated carbocycles. The van der Waals surface area contributed by atoms with Crippen molar-refractivity contribution >= 4 is 33.7 Å². The lowest BCUT2D eigenvalue weighted by Crippen LogP contribution is -2.51. The van der Waals surface area contributed by atoms with Gasteiger partial charge in [-0.3, -0.25) is 4.79 Å². The highest BCUT2D eigenvalue weighted by atomic mass is 79.9. The van der Waals surface area contributed by atoms with Gasteiger partial charge in [0.1, 0.15) is 5.75 Å². The molecule has 1 heterocycles. The molecule has 0 bridgehead atoms. The van der Waals surface area contributed by atoms with Crippen molar-refractivity contribution in [2.75, 3.05) is 11.5 Å². The molecule has 1 amide bonds. The molecule has 1 aliphatic rings. The van der Waals surface area contributed by atoms with Crippen molar-refractivity contribution < 1.29 is 9.53 Å². The first-order valence-electron chi connectivity index (χ1n) is 10.3. The zero-order chi connectivity index (χ0) is 21.9. The molecule has 160 valence electrons. The van der Waals surface area contributed by atoms with Crippen LogP contribution < -0.4 is 15.1 Å². The van der Waals surface area contributed by atoms with E-state index in [1.807, 2.05) is 12.1 Å². The van der Waals surface area contributed by atoms with Crippen LogP contribution in [0.15, 0.2) is 52.0 Å². The van der Waals surface area contributed by atoms with E-state index in [2.05, 4.69) is 84.2 Å². The molecule has 0 saturated heterocycles. The predicted molar refractivity (Wildman–Crippen MR) is 127 cm³/mol. The lowest BCUT2D eigenvalue weighted by molar-refractivity contribution is -0.123. The fourth-order valence-corrected chi connectivity index (χ4v) is 4.68. The monoisotopic (exact) mass is 471 g/mol. The van der Waals surface area contributed by atoms with E-state index in [4.69, 9.17) is 4.74 Å². The van der Waals surface area contributed by atoms with Crippen LogP contribution in [-0.4, -0.2) is 30.3 Å². The quantitative estimate of drug-likeness (QED) is 0.448. The fraction of sp³-hybridized carbons (Fsp3) is 0.417. The number of benzene rings is 2. The smallest absolute Gasteiger partial charge is 0.277 e. The van der Waals surface area contributed by atoms with Crippen LogP contribution in [0.3, 0.4) is 0 Å². The second-order valence-corrected chi connectivity index (χ2v) is 9.65. The minimum absolute atomic E-state index is 0.0847. The lowest BCUT2D eigenvalue weighted by Gasteiger charge is -2.50. The number of carbonyl (C=O) groups is 1. The summed E-state index contributed by atoms with van der Waals surface area (Å²) in [6.07, 6.45) is 2.78. The summed E-state index contributed by atoms with van der Waals surface area (Å²) in [6.45, 7) is 11.3. The van der Waals surface area contributed by atoms with Crippen LogP contribution in [0.2, 0.25) is 0 Å². The van der Waals surface area contributed by atoms with Crippen molar-refractivity contribution in [3.05, 3.63) is 58.1 Å². The SMILES string of the molecule is CC(C)N1c2ccc(/C=N\NC(=O)COc3ccc(Br)cc3)cc2[C@H](C)CC1(C)C. The number of hydrazone groups is 1. The molecule has 6 heteroatoms. The highest BCUT2D eigenvalue weighted by molar-refractivity contribution is 9.10. The van der Waals surface area contributed by atoms with E-state index in [1.165, 1.54) is 11.3 Å². The summed E-state index contributed by atoms with van der Waals surface area (Å²) < 4.78 is 6.42. The van der Waals surface area contributed by atoms with Gasteiger partial charge in [-0.25, -0.2) is 5.43 Å². The van der Waals surface area contributed by atoms with Crippen LogP contribution in [0.5, 0.6) is 5.75 Å². The molecule has 1 atom stereocenters. The average Bonchev–Trinajstić information content (AvgIpc) is 2.67. The molecule has 0 aromatic heterocycles. The molecular weight excluding hydrogens is 442 g/mol. The molecule has 0 aliphatic carbocycles. The van der Waals surface area contributed by atoms with Gasteiger partial charge in [0.05, 0.1) is 6.21 Å². The molecule has 0 fully saturated rings. The van der Waals surface area contributed by atoms with E-state index in [1.54, 1.807) is 18.3 Å². The Morgan fingerprint density at radius 2 is 2.00 bits per heavy atom. The highest BCUT2D eigenvalue weighted by Gasteiger charge is 2.37. The Kier molecular flexibility index (Phi) is 6.86. The molecule has 3 rings (SSSR count). The van der Waals surface area contributed by atoms with E-state index < -0.39 is 0 Å². The number of anilines is 1. The maximum absolute atomic E-state index is 12.0. The standard InChI is InChI=1S/C24H30BrN3O2/c1-16(2)28-22-11-6-18(12-21(22)17(3)13-24(28,4)5)14-26-27-23(29)15-30-20-9-7-19(25)8-10-20/h6-12,14,16-17H,13,15H2,1-5H3,(H,27,29)/b26-14-/t17-/m1/s1. The van der Waals surface area contributed by atoms with Crippen molar-refractivity contribution in [2.45, 2.75) is 58.5 Å². The Hall–Kier alpha value is -2.34. The molecular formula is C24H30BrN3O2. The molecule has 0 spiro atoms. The number of nitrogens with zero attached hydrogens (tertiary/aromatic N) is 2. The topological polar surface area (TPSA) is 53.9 Å². The Balaban J connectivity index is 1.63. The summed E-state index contributed by atoms with van der Waals surface area (Å²) in [6, 6.07) is 14.2. The maximum atomic E-state index is 12.0. The third kappa shape index (κ3) is 5.22. The van der Waals surface area contributed by atoms with Crippen molar-refractivity contribution in [2.24, 2.45) is 5.10 Å². The third-order valence-electron chi connectivity index (χ3n) is 5.40. The number of ether oxygens (including phenoxy) is 1. The summed E-state index contributed by atoms with van der Waals surface area (Å²) >= 11 is 3.37. The molecule has 5 nitrogen and oxygen atoms in total. The minimum atomic E-state index is -0.298. The van der Waals surface area contributed by atoms with Gasteiger partial charge in [-0.05, 0) is 87.6 Å². The first-order chi connectivity index (χ1) is 14.2. The van der Waals surface area contributed by atoms with Crippen molar-refractivity contribution in [1.82, 2.24) is 5.43 Å². The van der Waals surface area contributed by atoms with Crippen molar-refractivity contribution in [3.8, 4) is 5.75 Å². The Labute approximate surface area is 187 Å². The van der Waals surface area contributed by atoms with Crippen LogP contribution >= 0.6 is 15.9 Å². The summed E-state index contributed by atoms with van der Waals surface area (Å²) in [4.78, 5) is 14.5. The third-order valence-corrected chi connectivity index (χ3v) is 5.93. The number of rotatable bonds is 6. The fourth-order valence-electron chi connectivity index (χ4n) is 4.42.